The van der Waals surface area contributed by atoms with Gasteiger partial charge in [-0.25, -0.2) is 9.97 Å². The van der Waals surface area contributed by atoms with Crippen LogP contribution in [0.2, 0.25) is 5.02 Å². The van der Waals surface area contributed by atoms with Crippen molar-refractivity contribution in [2.24, 2.45) is 5.41 Å². The smallest absolute Gasteiger partial charge is 0.241 e. The molecule has 0 saturated carbocycles. The number of rotatable bonds is 4. The van der Waals surface area contributed by atoms with Crippen molar-refractivity contribution < 1.29 is 4.79 Å². The SMILES string of the molecule is CC(NC(=O)C1(C#N)CCN(c2ncnc3[nH]ccc23)CC1)c1ccc(Cl)cc1. The third-order valence-corrected chi connectivity index (χ3v) is 5.87. The second-order valence-electron chi connectivity index (χ2n) is 7.36. The molecule has 8 heteroatoms. The second-order valence-corrected chi connectivity index (χ2v) is 7.80. The van der Waals surface area contributed by atoms with E-state index in [9.17, 15) is 10.1 Å². The van der Waals surface area contributed by atoms with E-state index in [1.165, 1.54) is 6.33 Å². The van der Waals surface area contributed by atoms with Crippen LogP contribution >= 0.6 is 11.6 Å². The highest BCUT2D eigenvalue weighted by atomic mass is 35.5. The Labute approximate surface area is 173 Å². The molecular weight excluding hydrogens is 388 g/mol. The Bertz CT molecular complexity index is 1060. The number of benzene rings is 1. The third kappa shape index (κ3) is 3.64. The molecule has 3 aromatic rings. The lowest BCUT2D eigenvalue weighted by atomic mass is 9.78. The molecule has 0 aliphatic carbocycles. The quantitative estimate of drug-likeness (QED) is 0.687. The van der Waals surface area contributed by atoms with Gasteiger partial charge in [0.2, 0.25) is 5.91 Å². The topological polar surface area (TPSA) is 97.7 Å². The summed E-state index contributed by atoms with van der Waals surface area (Å²) in [5.74, 6) is 0.606. The van der Waals surface area contributed by atoms with Gasteiger partial charge >= 0.3 is 0 Å². The van der Waals surface area contributed by atoms with E-state index in [0.717, 1.165) is 22.4 Å². The normalized spacial score (nSPS) is 16.9. The van der Waals surface area contributed by atoms with Crippen LogP contribution in [0.1, 0.15) is 31.4 Å². The summed E-state index contributed by atoms with van der Waals surface area (Å²) in [5.41, 5.74) is 0.687. The van der Waals surface area contributed by atoms with Crippen molar-refractivity contribution >= 4 is 34.4 Å². The highest BCUT2D eigenvalue weighted by Gasteiger charge is 2.42. The minimum atomic E-state index is -1.04. The lowest BCUT2D eigenvalue weighted by molar-refractivity contribution is -0.129. The summed E-state index contributed by atoms with van der Waals surface area (Å²) < 4.78 is 0. The molecule has 1 aliphatic rings. The number of amides is 1. The number of nitriles is 1. The zero-order valence-electron chi connectivity index (χ0n) is 16.0. The van der Waals surface area contributed by atoms with Crippen LogP contribution in [-0.4, -0.2) is 33.9 Å². The second kappa shape index (κ2) is 7.72. The van der Waals surface area contributed by atoms with Gasteiger partial charge in [0, 0.05) is 24.3 Å². The van der Waals surface area contributed by atoms with Crippen LogP contribution in [0.4, 0.5) is 5.82 Å². The zero-order valence-corrected chi connectivity index (χ0v) is 16.8. The Morgan fingerprint density at radius 1 is 1.28 bits per heavy atom. The molecule has 1 fully saturated rings. The number of hydrogen-bond donors (Lipinski definition) is 2. The minimum absolute atomic E-state index is 0.204. The number of halogens is 1. The maximum atomic E-state index is 13.0. The van der Waals surface area contributed by atoms with Crippen LogP contribution in [-0.2, 0) is 4.79 Å². The van der Waals surface area contributed by atoms with Gasteiger partial charge in [-0.2, -0.15) is 5.26 Å². The Morgan fingerprint density at radius 2 is 2.00 bits per heavy atom. The number of H-pyrrole nitrogens is 1. The fourth-order valence-electron chi connectivity index (χ4n) is 3.77. The van der Waals surface area contributed by atoms with Gasteiger partial charge in [-0.15, -0.1) is 0 Å². The predicted octanol–water partition coefficient (Wildman–Crippen LogP) is 3.60. The number of piperidine rings is 1. The van der Waals surface area contributed by atoms with Crippen molar-refractivity contribution in [1.82, 2.24) is 20.3 Å². The minimum Gasteiger partial charge on any atom is -0.356 e. The monoisotopic (exact) mass is 408 g/mol. The Morgan fingerprint density at radius 3 is 2.69 bits per heavy atom. The number of anilines is 1. The van der Waals surface area contributed by atoms with E-state index in [2.05, 4.69) is 31.2 Å². The van der Waals surface area contributed by atoms with Gasteiger partial charge in [0.1, 0.15) is 23.2 Å². The maximum Gasteiger partial charge on any atom is 0.241 e. The molecule has 3 heterocycles. The Balaban J connectivity index is 1.46. The summed E-state index contributed by atoms with van der Waals surface area (Å²) in [6, 6.07) is 11.4. The molecule has 2 N–H and O–H groups in total. The average molecular weight is 409 g/mol. The first-order valence-electron chi connectivity index (χ1n) is 9.53. The number of carbonyl (C=O) groups excluding carboxylic acids is 1. The molecule has 1 unspecified atom stereocenters. The van der Waals surface area contributed by atoms with Gasteiger partial charge in [0.05, 0.1) is 17.5 Å². The zero-order chi connectivity index (χ0) is 20.4. The van der Waals surface area contributed by atoms with E-state index in [4.69, 9.17) is 11.6 Å². The highest BCUT2D eigenvalue weighted by molar-refractivity contribution is 6.30. The molecule has 2 aromatic heterocycles. The fourth-order valence-corrected chi connectivity index (χ4v) is 3.90. The van der Waals surface area contributed by atoms with Crippen molar-refractivity contribution in [3.63, 3.8) is 0 Å². The van der Waals surface area contributed by atoms with E-state index in [0.29, 0.717) is 31.0 Å². The van der Waals surface area contributed by atoms with E-state index in [1.807, 2.05) is 31.3 Å². The predicted molar refractivity (Wildman–Crippen MR) is 111 cm³/mol. The first-order chi connectivity index (χ1) is 14.0. The molecule has 1 aliphatic heterocycles. The molecule has 0 radical (unpaired) electrons. The molecule has 1 atom stereocenters. The molecule has 1 aromatic carbocycles. The summed E-state index contributed by atoms with van der Waals surface area (Å²) in [6.07, 6.45) is 4.25. The summed E-state index contributed by atoms with van der Waals surface area (Å²) in [5, 5.41) is 14.4. The molecule has 1 saturated heterocycles. The van der Waals surface area contributed by atoms with Crippen molar-refractivity contribution in [2.75, 3.05) is 18.0 Å². The number of aromatic amines is 1. The number of nitrogens with zero attached hydrogens (tertiary/aromatic N) is 4. The third-order valence-electron chi connectivity index (χ3n) is 5.62. The van der Waals surface area contributed by atoms with Gasteiger partial charge in [0.25, 0.3) is 0 Å². The molecule has 29 heavy (non-hydrogen) atoms. The summed E-state index contributed by atoms with van der Waals surface area (Å²) in [6.45, 7) is 3.06. The number of aromatic nitrogens is 3. The lowest BCUT2D eigenvalue weighted by Crippen LogP contribution is -2.49. The van der Waals surface area contributed by atoms with Crippen LogP contribution < -0.4 is 10.2 Å². The molecule has 0 bridgehead atoms. The van der Waals surface area contributed by atoms with Gasteiger partial charge in [-0.1, -0.05) is 23.7 Å². The van der Waals surface area contributed by atoms with Crippen LogP contribution in [0, 0.1) is 16.7 Å². The number of nitrogens with one attached hydrogen (secondary N) is 2. The van der Waals surface area contributed by atoms with Crippen molar-refractivity contribution in [2.45, 2.75) is 25.8 Å². The van der Waals surface area contributed by atoms with Crippen LogP contribution in [0.3, 0.4) is 0 Å². The van der Waals surface area contributed by atoms with Gasteiger partial charge in [0.15, 0.2) is 0 Å². The summed E-state index contributed by atoms with van der Waals surface area (Å²) in [7, 11) is 0. The lowest BCUT2D eigenvalue weighted by Gasteiger charge is -2.37. The van der Waals surface area contributed by atoms with Gasteiger partial charge < -0.3 is 15.2 Å². The average Bonchev–Trinajstić information content (AvgIpc) is 3.23. The van der Waals surface area contributed by atoms with Crippen molar-refractivity contribution in [3.8, 4) is 6.07 Å². The molecule has 1 amide bonds. The summed E-state index contributed by atoms with van der Waals surface area (Å²) in [4.78, 5) is 26.8. The van der Waals surface area contributed by atoms with E-state index in [1.54, 1.807) is 12.1 Å². The van der Waals surface area contributed by atoms with Crippen molar-refractivity contribution in [3.05, 3.63) is 53.4 Å². The Hall–Kier alpha value is -3.11. The van der Waals surface area contributed by atoms with Crippen LogP contribution in [0.15, 0.2) is 42.9 Å². The van der Waals surface area contributed by atoms with Gasteiger partial charge in [-0.3, -0.25) is 4.79 Å². The number of carbonyl (C=O) groups is 1. The van der Waals surface area contributed by atoms with Crippen molar-refractivity contribution in [1.29, 1.82) is 5.26 Å². The van der Waals surface area contributed by atoms with Crippen LogP contribution in [0.5, 0.6) is 0 Å². The first kappa shape index (κ1) is 19.2. The number of hydrogen-bond acceptors (Lipinski definition) is 5. The molecule has 7 nitrogen and oxygen atoms in total. The molecular formula is C21H21ClN6O. The first-order valence-corrected chi connectivity index (χ1v) is 9.91. The van der Waals surface area contributed by atoms with E-state index < -0.39 is 5.41 Å². The summed E-state index contributed by atoms with van der Waals surface area (Å²) >= 11 is 5.94. The Kier molecular flexibility index (Phi) is 5.12. The molecule has 148 valence electrons. The molecule has 4 rings (SSSR count). The largest absolute Gasteiger partial charge is 0.356 e. The van der Waals surface area contributed by atoms with E-state index >= 15 is 0 Å². The van der Waals surface area contributed by atoms with Gasteiger partial charge in [-0.05, 0) is 43.5 Å². The maximum absolute atomic E-state index is 13.0. The standard InChI is InChI=1S/C21H21ClN6O/c1-14(15-2-4-16(22)5-3-15)27-20(29)21(12-23)7-10-28(11-8-21)19-17-6-9-24-18(17)25-13-26-19/h2-6,9,13-14H,7-8,10-11H2,1H3,(H,27,29)(H,24,25,26). The number of fused-ring (bicyclic) bond motifs is 1. The molecule has 0 spiro atoms. The van der Waals surface area contributed by atoms with Crippen LogP contribution in [0.25, 0.3) is 11.0 Å². The fraction of sp³-hybridized carbons (Fsp3) is 0.333. The highest BCUT2D eigenvalue weighted by Crippen LogP contribution is 2.35. The van der Waals surface area contributed by atoms with E-state index in [-0.39, 0.29) is 11.9 Å².